The van der Waals surface area contributed by atoms with Crippen molar-refractivity contribution in [3.8, 4) is 0 Å². The van der Waals surface area contributed by atoms with Crippen LogP contribution in [0.15, 0.2) is 5.38 Å². The molecular formula is C10H15N3OS. The zero-order chi connectivity index (χ0) is 10.7. The molecule has 0 radical (unpaired) electrons. The lowest BCUT2D eigenvalue weighted by atomic mass is 10.2. The van der Waals surface area contributed by atoms with Gasteiger partial charge in [0.15, 0.2) is 0 Å². The summed E-state index contributed by atoms with van der Waals surface area (Å²) in [6.07, 6.45) is 4.63. The zero-order valence-electron chi connectivity index (χ0n) is 8.53. The molecule has 82 valence electrons. The van der Waals surface area contributed by atoms with Gasteiger partial charge in [-0.25, -0.2) is 4.98 Å². The van der Waals surface area contributed by atoms with Gasteiger partial charge >= 0.3 is 0 Å². The third-order valence-corrected chi connectivity index (χ3v) is 3.52. The van der Waals surface area contributed by atoms with Crippen LogP contribution >= 0.6 is 11.3 Å². The highest BCUT2D eigenvalue weighted by Crippen LogP contribution is 2.18. The van der Waals surface area contributed by atoms with E-state index in [2.05, 4.69) is 10.3 Å². The third-order valence-electron chi connectivity index (χ3n) is 2.65. The second kappa shape index (κ2) is 4.72. The molecule has 0 atom stereocenters. The van der Waals surface area contributed by atoms with Gasteiger partial charge in [0.2, 0.25) is 0 Å². The number of thiazole rings is 1. The summed E-state index contributed by atoms with van der Waals surface area (Å²) >= 11 is 1.44. The van der Waals surface area contributed by atoms with Crippen LogP contribution in [0.2, 0.25) is 0 Å². The topological polar surface area (TPSA) is 68.0 Å². The molecule has 0 saturated heterocycles. The van der Waals surface area contributed by atoms with E-state index in [0.29, 0.717) is 18.3 Å². The number of nitrogens with zero attached hydrogens (tertiary/aromatic N) is 1. The van der Waals surface area contributed by atoms with E-state index in [-0.39, 0.29) is 5.91 Å². The summed E-state index contributed by atoms with van der Waals surface area (Å²) < 4.78 is 0. The lowest BCUT2D eigenvalue weighted by molar-refractivity contribution is 0.0933. The highest BCUT2D eigenvalue weighted by atomic mass is 32.1. The van der Waals surface area contributed by atoms with Crippen molar-refractivity contribution in [1.29, 1.82) is 0 Å². The minimum Gasteiger partial charge on any atom is -0.348 e. The average Bonchev–Trinajstić information content (AvgIpc) is 2.86. The second-order valence-corrected chi connectivity index (χ2v) is 4.73. The quantitative estimate of drug-likeness (QED) is 0.814. The summed E-state index contributed by atoms with van der Waals surface area (Å²) in [5.74, 6) is -0.0575. The normalized spacial score (nSPS) is 16.9. The van der Waals surface area contributed by atoms with E-state index < -0.39 is 0 Å². The number of amides is 1. The SMILES string of the molecule is NCc1nc(C(=O)NC2CCCC2)cs1. The molecule has 1 saturated carbocycles. The van der Waals surface area contributed by atoms with E-state index in [4.69, 9.17) is 5.73 Å². The molecule has 0 aromatic carbocycles. The van der Waals surface area contributed by atoms with Crippen molar-refractivity contribution in [1.82, 2.24) is 10.3 Å². The second-order valence-electron chi connectivity index (χ2n) is 3.79. The fraction of sp³-hybridized carbons (Fsp3) is 0.600. The molecule has 4 nitrogen and oxygen atoms in total. The molecule has 0 aliphatic heterocycles. The first-order valence-electron chi connectivity index (χ1n) is 5.25. The van der Waals surface area contributed by atoms with Crippen molar-refractivity contribution in [2.24, 2.45) is 5.73 Å². The van der Waals surface area contributed by atoms with Gasteiger partial charge in [-0.3, -0.25) is 4.79 Å². The van der Waals surface area contributed by atoms with Crippen LogP contribution in [0.4, 0.5) is 0 Å². The van der Waals surface area contributed by atoms with Gasteiger partial charge in [0.25, 0.3) is 5.91 Å². The number of aromatic nitrogens is 1. The van der Waals surface area contributed by atoms with Crippen LogP contribution in [0, 0.1) is 0 Å². The number of hydrogen-bond donors (Lipinski definition) is 2. The molecule has 3 N–H and O–H groups in total. The number of carbonyl (C=O) groups excluding carboxylic acids is 1. The summed E-state index contributed by atoms with van der Waals surface area (Å²) in [6, 6.07) is 0.348. The van der Waals surface area contributed by atoms with Gasteiger partial charge in [-0.2, -0.15) is 0 Å². The first kappa shape index (κ1) is 10.6. The van der Waals surface area contributed by atoms with Crippen LogP contribution in [-0.4, -0.2) is 16.9 Å². The van der Waals surface area contributed by atoms with Crippen LogP contribution in [0.1, 0.15) is 41.2 Å². The van der Waals surface area contributed by atoms with Crippen LogP contribution in [-0.2, 0) is 6.54 Å². The van der Waals surface area contributed by atoms with E-state index in [1.54, 1.807) is 5.38 Å². The molecule has 1 aromatic heterocycles. The Morgan fingerprint density at radius 3 is 2.93 bits per heavy atom. The van der Waals surface area contributed by atoms with E-state index in [1.807, 2.05) is 0 Å². The van der Waals surface area contributed by atoms with Crippen molar-refractivity contribution in [3.05, 3.63) is 16.1 Å². The Labute approximate surface area is 92.9 Å². The Hall–Kier alpha value is -0.940. The molecule has 15 heavy (non-hydrogen) atoms. The maximum absolute atomic E-state index is 11.7. The Morgan fingerprint density at radius 2 is 2.33 bits per heavy atom. The fourth-order valence-corrected chi connectivity index (χ4v) is 2.49. The minimum absolute atomic E-state index is 0.0575. The molecule has 1 fully saturated rings. The predicted octanol–water partition coefficient (Wildman–Crippen LogP) is 1.27. The van der Waals surface area contributed by atoms with Crippen molar-refractivity contribution in [2.45, 2.75) is 38.3 Å². The van der Waals surface area contributed by atoms with Gasteiger partial charge in [-0.15, -0.1) is 11.3 Å². The fourth-order valence-electron chi connectivity index (χ4n) is 1.84. The molecule has 1 heterocycles. The van der Waals surface area contributed by atoms with Gasteiger partial charge < -0.3 is 11.1 Å². The molecule has 2 rings (SSSR count). The van der Waals surface area contributed by atoms with Crippen LogP contribution < -0.4 is 11.1 Å². The summed E-state index contributed by atoms with van der Waals surface area (Å²) in [5.41, 5.74) is 5.95. The van der Waals surface area contributed by atoms with Gasteiger partial charge in [0, 0.05) is 18.0 Å². The predicted molar refractivity (Wildman–Crippen MR) is 59.7 cm³/mol. The van der Waals surface area contributed by atoms with Crippen LogP contribution in [0.5, 0.6) is 0 Å². The first-order chi connectivity index (χ1) is 7.29. The average molecular weight is 225 g/mol. The van der Waals surface area contributed by atoms with Crippen LogP contribution in [0.3, 0.4) is 0 Å². The number of nitrogens with one attached hydrogen (secondary N) is 1. The summed E-state index contributed by atoms with van der Waals surface area (Å²) in [5, 5.41) is 5.58. The van der Waals surface area contributed by atoms with Crippen LogP contribution in [0.25, 0.3) is 0 Å². The van der Waals surface area contributed by atoms with Gasteiger partial charge in [-0.1, -0.05) is 12.8 Å². The third kappa shape index (κ3) is 2.54. The van der Waals surface area contributed by atoms with Crippen molar-refractivity contribution in [2.75, 3.05) is 0 Å². The van der Waals surface area contributed by atoms with E-state index >= 15 is 0 Å². The minimum atomic E-state index is -0.0575. The molecular weight excluding hydrogens is 210 g/mol. The largest absolute Gasteiger partial charge is 0.348 e. The summed E-state index contributed by atoms with van der Waals surface area (Å²) in [4.78, 5) is 15.9. The number of rotatable bonds is 3. The summed E-state index contributed by atoms with van der Waals surface area (Å²) in [7, 11) is 0. The standard InChI is InChI=1S/C10H15N3OS/c11-5-9-13-8(6-15-9)10(14)12-7-3-1-2-4-7/h6-7H,1-5,11H2,(H,12,14). The smallest absolute Gasteiger partial charge is 0.270 e. The first-order valence-corrected chi connectivity index (χ1v) is 6.13. The van der Waals surface area contributed by atoms with Crippen molar-refractivity contribution in [3.63, 3.8) is 0 Å². The van der Waals surface area contributed by atoms with E-state index in [0.717, 1.165) is 17.8 Å². The molecule has 0 spiro atoms. The monoisotopic (exact) mass is 225 g/mol. The molecule has 1 aliphatic carbocycles. The Bertz CT molecular complexity index is 344. The maximum atomic E-state index is 11.7. The number of hydrogen-bond acceptors (Lipinski definition) is 4. The van der Waals surface area contributed by atoms with Crippen molar-refractivity contribution >= 4 is 17.2 Å². The molecule has 1 amide bonds. The molecule has 5 heteroatoms. The molecule has 1 aromatic rings. The molecule has 1 aliphatic rings. The highest BCUT2D eigenvalue weighted by molar-refractivity contribution is 7.09. The van der Waals surface area contributed by atoms with E-state index in [1.165, 1.54) is 24.2 Å². The number of nitrogens with two attached hydrogens (primary N) is 1. The van der Waals surface area contributed by atoms with Gasteiger partial charge in [0.05, 0.1) is 0 Å². The lowest BCUT2D eigenvalue weighted by Gasteiger charge is -2.09. The highest BCUT2D eigenvalue weighted by Gasteiger charge is 2.19. The Morgan fingerprint density at radius 1 is 1.60 bits per heavy atom. The van der Waals surface area contributed by atoms with Gasteiger partial charge in [0.1, 0.15) is 10.7 Å². The Kier molecular flexibility index (Phi) is 3.33. The number of carbonyl (C=O) groups is 1. The lowest BCUT2D eigenvalue weighted by Crippen LogP contribution is -2.32. The van der Waals surface area contributed by atoms with Crippen molar-refractivity contribution < 1.29 is 4.79 Å². The molecule has 0 bridgehead atoms. The zero-order valence-corrected chi connectivity index (χ0v) is 9.35. The molecule has 0 unspecified atom stereocenters. The van der Waals surface area contributed by atoms with E-state index in [9.17, 15) is 4.79 Å². The Balaban J connectivity index is 1.94. The maximum Gasteiger partial charge on any atom is 0.270 e. The summed E-state index contributed by atoms with van der Waals surface area (Å²) in [6.45, 7) is 0.404. The van der Waals surface area contributed by atoms with Gasteiger partial charge in [-0.05, 0) is 12.8 Å².